The second-order valence-corrected chi connectivity index (χ2v) is 7.68. The minimum atomic E-state index is -4.42. The van der Waals surface area contributed by atoms with Gasteiger partial charge in [-0.25, -0.2) is 4.98 Å². The van der Waals surface area contributed by atoms with Gasteiger partial charge in [0.2, 0.25) is 0 Å². The molecule has 28 heavy (non-hydrogen) atoms. The van der Waals surface area contributed by atoms with Gasteiger partial charge in [-0.3, -0.25) is 4.79 Å². The van der Waals surface area contributed by atoms with Crippen LogP contribution in [0.4, 0.5) is 13.2 Å². The Kier molecular flexibility index (Phi) is 4.55. The smallest absolute Gasteiger partial charge is 0.305 e. The SMILES string of the molecule is N#CC(=Cc1ccc(C(F)(F)F)cc1)c1nc2sc3c(c2c(=O)[nH]1)CCCC3. The van der Waals surface area contributed by atoms with Gasteiger partial charge in [0, 0.05) is 4.88 Å². The third-order valence-electron chi connectivity index (χ3n) is 4.75. The topological polar surface area (TPSA) is 69.5 Å². The van der Waals surface area contributed by atoms with E-state index in [2.05, 4.69) is 9.97 Å². The monoisotopic (exact) mass is 401 g/mol. The number of aryl methyl sites for hydroxylation is 2. The van der Waals surface area contributed by atoms with Crippen LogP contribution in [-0.4, -0.2) is 9.97 Å². The van der Waals surface area contributed by atoms with E-state index in [0.29, 0.717) is 15.8 Å². The average molecular weight is 401 g/mol. The minimum absolute atomic E-state index is 0.0881. The second-order valence-electron chi connectivity index (χ2n) is 6.60. The van der Waals surface area contributed by atoms with E-state index in [4.69, 9.17) is 0 Å². The molecule has 142 valence electrons. The van der Waals surface area contributed by atoms with Gasteiger partial charge in [-0.2, -0.15) is 18.4 Å². The summed E-state index contributed by atoms with van der Waals surface area (Å²) in [4.78, 5) is 21.5. The van der Waals surface area contributed by atoms with Crippen LogP contribution in [0.15, 0.2) is 29.1 Å². The number of nitrogens with one attached hydrogen (secondary N) is 1. The number of allylic oxidation sites excluding steroid dienone is 1. The molecule has 0 aliphatic heterocycles. The van der Waals surface area contributed by atoms with Gasteiger partial charge in [-0.15, -0.1) is 11.3 Å². The van der Waals surface area contributed by atoms with Crippen LogP contribution in [-0.2, 0) is 19.0 Å². The number of halogens is 3. The molecule has 0 amide bonds. The minimum Gasteiger partial charge on any atom is -0.305 e. The van der Waals surface area contributed by atoms with Crippen molar-refractivity contribution in [3.05, 3.63) is 62.0 Å². The Balaban J connectivity index is 1.76. The van der Waals surface area contributed by atoms with E-state index in [1.54, 1.807) is 0 Å². The summed E-state index contributed by atoms with van der Waals surface area (Å²) >= 11 is 1.47. The van der Waals surface area contributed by atoms with Gasteiger partial charge in [0.25, 0.3) is 5.56 Å². The molecule has 0 saturated heterocycles. The zero-order valence-corrected chi connectivity index (χ0v) is 15.4. The Hall–Kier alpha value is -2.92. The highest BCUT2D eigenvalue weighted by Gasteiger charge is 2.29. The van der Waals surface area contributed by atoms with Crippen molar-refractivity contribution in [1.29, 1.82) is 5.26 Å². The van der Waals surface area contributed by atoms with Crippen LogP contribution in [0.3, 0.4) is 0 Å². The molecule has 0 bridgehead atoms. The van der Waals surface area contributed by atoms with Crippen molar-refractivity contribution in [3.8, 4) is 6.07 Å². The molecule has 4 nitrogen and oxygen atoms in total. The molecule has 3 aromatic rings. The lowest BCUT2D eigenvalue weighted by Gasteiger charge is -2.09. The Morgan fingerprint density at radius 1 is 1.21 bits per heavy atom. The first-order valence-corrected chi connectivity index (χ1v) is 9.52. The molecule has 0 radical (unpaired) electrons. The fourth-order valence-corrected chi connectivity index (χ4v) is 4.64. The van der Waals surface area contributed by atoms with Crippen molar-refractivity contribution >= 4 is 33.2 Å². The lowest BCUT2D eigenvalue weighted by atomic mass is 9.97. The predicted octanol–water partition coefficient (Wildman–Crippen LogP) is 4.95. The quantitative estimate of drug-likeness (QED) is 0.618. The van der Waals surface area contributed by atoms with E-state index in [1.807, 2.05) is 6.07 Å². The third kappa shape index (κ3) is 3.34. The van der Waals surface area contributed by atoms with Crippen LogP contribution in [0.25, 0.3) is 21.9 Å². The van der Waals surface area contributed by atoms with Gasteiger partial charge in [0.05, 0.1) is 16.5 Å². The third-order valence-corrected chi connectivity index (χ3v) is 5.94. The maximum absolute atomic E-state index is 12.7. The highest BCUT2D eigenvalue weighted by atomic mass is 32.1. The lowest BCUT2D eigenvalue weighted by Crippen LogP contribution is -2.12. The van der Waals surface area contributed by atoms with Crippen LogP contribution in [0.5, 0.6) is 0 Å². The van der Waals surface area contributed by atoms with Crippen molar-refractivity contribution in [2.45, 2.75) is 31.9 Å². The Morgan fingerprint density at radius 2 is 1.93 bits per heavy atom. The number of nitriles is 1. The fraction of sp³-hybridized carbons (Fsp3) is 0.250. The largest absolute Gasteiger partial charge is 0.416 e. The molecule has 1 aliphatic carbocycles. The van der Waals surface area contributed by atoms with Crippen LogP contribution in [0.1, 0.15) is 40.2 Å². The number of alkyl halides is 3. The summed E-state index contributed by atoms with van der Waals surface area (Å²) in [5.41, 5.74) is 0.507. The number of hydrogen-bond donors (Lipinski definition) is 1. The molecule has 2 heterocycles. The van der Waals surface area contributed by atoms with Gasteiger partial charge in [0.15, 0.2) is 5.82 Å². The van der Waals surface area contributed by atoms with Crippen LogP contribution in [0.2, 0.25) is 0 Å². The first-order valence-electron chi connectivity index (χ1n) is 8.71. The highest BCUT2D eigenvalue weighted by Crippen LogP contribution is 2.34. The van der Waals surface area contributed by atoms with Gasteiger partial charge in [0.1, 0.15) is 10.9 Å². The molecule has 0 atom stereocenters. The Bertz CT molecular complexity index is 1180. The normalized spacial score (nSPS) is 14.7. The maximum atomic E-state index is 12.7. The van der Waals surface area contributed by atoms with Crippen molar-refractivity contribution in [2.75, 3.05) is 0 Å². The number of nitrogens with zero attached hydrogens (tertiary/aromatic N) is 2. The van der Waals surface area contributed by atoms with E-state index in [9.17, 15) is 23.2 Å². The number of rotatable bonds is 2. The number of H-pyrrole nitrogens is 1. The maximum Gasteiger partial charge on any atom is 0.416 e. The van der Waals surface area contributed by atoms with Gasteiger partial charge in [-0.1, -0.05) is 12.1 Å². The molecule has 0 unspecified atom stereocenters. The number of benzene rings is 1. The summed E-state index contributed by atoms with van der Waals surface area (Å²) < 4.78 is 38.1. The van der Waals surface area contributed by atoms with Gasteiger partial charge < -0.3 is 4.98 Å². The Labute approximate surface area is 162 Å². The van der Waals surface area contributed by atoms with Crippen molar-refractivity contribution < 1.29 is 13.2 Å². The molecule has 0 fully saturated rings. The average Bonchev–Trinajstić information content (AvgIpc) is 3.04. The molecular weight excluding hydrogens is 387 g/mol. The van der Waals surface area contributed by atoms with Gasteiger partial charge >= 0.3 is 6.18 Å². The van der Waals surface area contributed by atoms with E-state index in [0.717, 1.165) is 43.4 Å². The summed E-state index contributed by atoms with van der Waals surface area (Å²) in [6.07, 6.45) is 0.900. The number of thiophene rings is 1. The Morgan fingerprint density at radius 3 is 2.61 bits per heavy atom. The molecule has 4 rings (SSSR count). The van der Waals surface area contributed by atoms with Crippen LogP contribution < -0.4 is 5.56 Å². The first kappa shape index (κ1) is 18.4. The molecule has 2 aromatic heterocycles. The zero-order chi connectivity index (χ0) is 19.9. The number of aromatic nitrogens is 2. The summed E-state index contributed by atoms with van der Waals surface area (Å²) in [7, 11) is 0. The van der Waals surface area contributed by atoms with E-state index in [1.165, 1.54) is 34.4 Å². The molecule has 1 N–H and O–H groups in total. The summed E-state index contributed by atoms with van der Waals surface area (Å²) in [6.45, 7) is 0. The summed E-state index contributed by atoms with van der Waals surface area (Å²) in [6, 6.07) is 6.44. The molecule has 0 spiro atoms. The zero-order valence-electron chi connectivity index (χ0n) is 14.6. The first-order chi connectivity index (χ1) is 13.4. The fourth-order valence-electron chi connectivity index (χ4n) is 3.38. The predicted molar refractivity (Wildman–Crippen MR) is 102 cm³/mol. The van der Waals surface area contributed by atoms with Crippen LogP contribution in [0, 0.1) is 11.3 Å². The molecule has 1 aromatic carbocycles. The van der Waals surface area contributed by atoms with Crippen molar-refractivity contribution in [3.63, 3.8) is 0 Å². The van der Waals surface area contributed by atoms with Crippen LogP contribution >= 0.6 is 11.3 Å². The van der Waals surface area contributed by atoms with Gasteiger partial charge in [-0.05, 0) is 55.0 Å². The van der Waals surface area contributed by atoms with E-state index < -0.39 is 11.7 Å². The highest BCUT2D eigenvalue weighted by molar-refractivity contribution is 7.18. The standard InChI is InChI=1S/C20H14F3N3OS/c21-20(22,23)13-7-5-11(6-8-13)9-12(10-24)17-25-18(27)16-14-3-1-2-4-15(14)28-19(16)26-17/h5-9H,1-4H2,(H,25,26,27). The van der Waals surface area contributed by atoms with Crippen molar-refractivity contribution in [2.24, 2.45) is 0 Å². The summed E-state index contributed by atoms with van der Waals surface area (Å²) in [5.74, 6) is 0.124. The lowest BCUT2D eigenvalue weighted by molar-refractivity contribution is -0.137. The number of hydrogen-bond acceptors (Lipinski definition) is 4. The van der Waals surface area contributed by atoms with E-state index >= 15 is 0 Å². The second kappa shape index (κ2) is 6.91. The molecule has 0 saturated carbocycles. The molecule has 8 heteroatoms. The molecular formula is C20H14F3N3OS. The van der Waals surface area contributed by atoms with E-state index in [-0.39, 0.29) is 17.0 Å². The number of aromatic amines is 1. The molecule has 1 aliphatic rings. The van der Waals surface area contributed by atoms with Crippen molar-refractivity contribution in [1.82, 2.24) is 9.97 Å². The summed E-state index contributed by atoms with van der Waals surface area (Å²) in [5, 5.41) is 10.1. The number of fused-ring (bicyclic) bond motifs is 3.